The van der Waals surface area contributed by atoms with Gasteiger partial charge in [-0.1, -0.05) is 0 Å². The highest BCUT2D eigenvalue weighted by molar-refractivity contribution is 5.98. The Hall–Kier alpha value is -2.37. The van der Waals surface area contributed by atoms with E-state index in [0.717, 1.165) is 5.82 Å². The van der Waals surface area contributed by atoms with Gasteiger partial charge in [0.05, 0.1) is 12.1 Å². The Morgan fingerprint density at radius 2 is 2.28 bits per heavy atom. The largest absolute Gasteiger partial charge is 0.398 e. The van der Waals surface area contributed by atoms with Crippen molar-refractivity contribution in [2.24, 2.45) is 7.05 Å². The van der Waals surface area contributed by atoms with Crippen molar-refractivity contribution in [3.8, 4) is 0 Å². The Kier molecular flexibility index (Phi) is 3.27. The van der Waals surface area contributed by atoms with Gasteiger partial charge in [-0.2, -0.15) is 0 Å². The molecule has 0 unspecified atom stereocenters. The molecule has 0 spiro atoms. The fraction of sp³-hybridized carbons (Fsp3) is 0.250. The van der Waals surface area contributed by atoms with E-state index in [0.29, 0.717) is 17.8 Å². The van der Waals surface area contributed by atoms with Gasteiger partial charge in [0.25, 0.3) is 5.91 Å². The van der Waals surface area contributed by atoms with Crippen LogP contribution in [0, 0.1) is 0 Å². The van der Waals surface area contributed by atoms with E-state index in [9.17, 15) is 4.79 Å². The number of rotatable bonds is 3. The summed E-state index contributed by atoms with van der Waals surface area (Å²) in [5.74, 6) is 0.650. The third-order valence-corrected chi connectivity index (χ3v) is 2.73. The van der Waals surface area contributed by atoms with Crippen LogP contribution in [0.5, 0.6) is 0 Å². The molecule has 94 valence electrons. The fourth-order valence-electron chi connectivity index (χ4n) is 1.62. The van der Waals surface area contributed by atoms with Crippen LogP contribution in [0.1, 0.15) is 16.2 Å². The van der Waals surface area contributed by atoms with Gasteiger partial charge in [0.1, 0.15) is 5.82 Å². The van der Waals surface area contributed by atoms with Gasteiger partial charge < -0.3 is 15.2 Å². The van der Waals surface area contributed by atoms with Crippen LogP contribution in [0.25, 0.3) is 0 Å². The van der Waals surface area contributed by atoms with Crippen LogP contribution >= 0.6 is 0 Å². The van der Waals surface area contributed by atoms with E-state index in [2.05, 4.69) is 9.97 Å². The third kappa shape index (κ3) is 2.32. The summed E-state index contributed by atoms with van der Waals surface area (Å²) in [4.78, 5) is 21.8. The Morgan fingerprint density at radius 3 is 2.89 bits per heavy atom. The number of pyridine rings is 1. The van der Waals surface area contributed by atoms with Crippen molar-refractivity contribution >= 4 is 11.6 Å². The maximum atomic E-state index is 12.2. The molecule has 1 amide bonds. The Bertz CT molecular complexity index is 563. The minimum atomic E-state index is -0.163. The molecule has 2 heterocycles. The SMILES string of the molecule is CN(Cc1nccn1C)C(=O)c1cnccc1N. The fourth-order valence-corrected chi connectivity index (χ4v) is 1.62. The van der Waals surface area contributed by atoms with E-state index in [-0.39, 0.29) is 5.91 Å². The van der Waals surface area contributed by atoms with Crippen molar-refractivity contribution in [1.82, 2.24) is 19.4 Å². The van der Waals surface area contributed by atoms with Crippen LogP contribution in [0.2, 0.25) is 0 Å². The average Bonchev–Trinajstić information content (AvgIpc) is 2.75. The highest BCUT2D eigenvalue weighted by Gasteiger charge is 2.16. The van der Waals surface area contributed by atoms with Crippen LogP contribution in [0.3, 0.4) is 0 Å². The monoisotopic (exact) mass is 245 g/mol. The van der Waals surface area contributed by atoms with Gasteiger partial charge in [-0.3, -0.25) is 9.78 Å². The van der Waals surface area contributed by atoms with Crippen molar-refractivity contribution in [3.63, 3.8) is 0 Å². The van der Waals surface area contributed by atoms with Gasteiger partial charge in [0, 0.05) is 44.6 Å². The second-order valence-electron chi connectivity index (χ2n) is 4.08. The molecule has 0 aromatic carbocycles. The molecule has 2 aromatic heterocycles. The Balaban J connectivity index is 2.15. The summed E-state index contributed by atoms with van der Waals surface area (Å²) >= 11 is 0. The van der Waals surface area contributed by atoms with Gasteiger partial charge in [-0.05, 0) is 6.07 Å². The lowest BCUT2D eigenvalue weighted by molar-refractivity contribution is 0.0781. The van der Waals surface area contributed by atoms with Gasteiger partial charge in [0.15, 0.2) is 0 Å². The predicted molar refractivity (Wildman–Crippen MR) is 67.7 cm³/mol. The first-order chi connectivity index (χ1) is 8.59. The Morgan fingerprint density at radius 1 is 1.50 bits per heavy atom. The lowest BCUT2D eigenvalue weighted by atomic mass is 10.2. The Labute approximate surface area is 105 Å². The zero-order valence-corrected chi connectivity index (χ0v) is 10.4. The first kappa shape index (κ1) is 12.1. The molecular formula is C12H15N5O. The van der Waals surface area contributed by atoms with Crippen LogP contribution in [-0.4, -0.2) is 32.4 Å². The molecule has 2 rings (SSSR count). The minimum Gasteiger partial charge on any atom is -0.398 e. The molecular weight excluding hydrogens is 230 g/mol. The van der Waals surface area contributed by atoms with Crippen molar-refractivity contribution in [3.05, 3.63) is 42.2 Å². The number of aromatic nitrogens is 3. The summed E-state index contributed by atoms with van der Waals surface area (Å²) in [6.07, 6.45) is 6.58. The standard InChI is InChI=1S/C12H15N5O/c1-16-6-5-15-11(16)8-17(2)12(18)9-7-14-4-3-10(9)13/h3-7H,8H2,1-2H3,(H2,13,14). The van der Waals surface area contributed by atoms with E-state index in [1.807, 2.05) is 17.8 Å². The van der Waals surface area contributed by atoms with E-state index in [1.165, 1.54) is 6.20 Å². The van der Waals surface area contributed by atoms with Gasteiger partial charge >= 0.3 is 0 Å². The van der Waals surface area contributed by atoms with E-state index < -0.39 is 0 Å². The van der Waals surface area contributed by atoms with E-state index >= 15 is 0 Å². The van der Waals surface area contributed by atoms with Gasteiger partial charge in [-0.25, -0.2) is 4.98 Å². The zero-order valence-electron chi connectivity index (χ0n) is 10.4. The number of nitrogens with zero attached hydrogens (tertiary/aromatic N) is 4. The second kappa shape index (κ2) is 4.87. The summed E-state index contributed by atoms with van der Waals surface area (Å²) in [6.45, 7) is 0.427. The first-order valence-electron chi connectivity index (χ1n) is 5.50. The average molecular weight is 245 g/mol. The normalized spacial score (nSPS) is 10.3. The first-order valence-corrected chi connectivity index (χ1v) is 5.50. The van der Waals surface area contributed by atoms with Crippen LogP contribution in [0.15, 0.2) is 30.9 Å². The maximum absolute atomic E-state index is 12.2. The topological polar surface area (TPSA) is 77.0 Å². The number of amides is 1. The third-order valence-electron chi connectivity index (χ3n) is 2.73. The summed E-state index contributed by atoms with van der Waals surface area (Å²) in [7, 11) is 3.60. The highest BCUT2D eigenvalue weighted by Crippen LogP contribution is 2.12. The van der Waals surface area contributed by atoms with Crippen LogP contribution < -0.4 is 5.73 Å². The number of carbonyl (C=O) groups is 1. The number of nitrogen functional groups attached to an aromatic ring is 1. The number of aryl methyl sites for hydroxylation is 1. The summed E-state index contributed by atoms with van der Waals surface area (Å²) in [5.41, 5.74) is 6.60. The molecule has 0 fully saturated rings. The van der Waals surface area contributed by atoms with Crippen molar-refractivity contribution in [2.45, 2.75) is 6.54 Å². The number of hydrogen-bond donors (Lipinski definition) is 1. The smallest absolute Gasteiger partial charge is 0.257 e. The molecule has 0 bridgehead atoms. The summed E-state index contributed by atoms with van der Waals surface area (Å²) in [5, 5.41) is 0. The predicted octanol–water partition coefficient (Wildman–Crippen LogP) is 0.670. The molecule has 0 atom stereocenters. The van der Waals surface area contributed by atoms with Crippen molar-refractivity contribution in [2.75, 3.05) is 12.8 Å². The number of nitrogens with two attached hydrogens (primary N) is 1. The molecule has 0 saturated carbocycles. The molecule has 2 N–H and O–H groups in total. The number of anilines is 1. The maximum Gasteiger partial charge on any atom is 0.257 e. The molecule has 6 nitrogen and oxygen atoms in total. The number of carbonyl (C=O) groups excluding carboxylic acids is 1. The lowest BCUT2D eigenvalue weighted by Crippen LogP contribution is -2.28. The second-order valence-corrected chi connectivity index (χ2v) is 4.08. The molecule has 0 aliphatic heterocycles. The zero-order chi connectivity index (χ0) is 13.1. The molecule has 0 aliphatic carbocycles. The van der Waals surface area contributed by atoms with Gasteiger partial charge in [-0.15, -0.1) is 0 Å². The number of hydrogen-bond acceptors (Lipinski definition) is 4. The van der Waals surface area contributed by atoms with Crippen LogP contribution in [-0.2, 0) is 13.6 Å². The van der Waals surface area contributed by atoms with E-state index in [1.54, 1.807) is 30.4 Å². The lowest BCUT2D eigenvalue weighted by Gasteiger charge is -2.17. The quantitative estimate of drug-likeness (QED) is 0.862. The van der Waals surface area contributed by atoms with Crippen molar-refractivity contribution < 1.29 is 4.79 Å². The van der Waals surface area contributed by atoms with Gasteiger partial charge in [0.2, 0.25) is 0 Å². The molecule has 2 aromatic rings. The van der Waals surface area contributed by atoms with Crippen LogP contribution in [0.4, 0.5) is 5.69 Å². The highest BCUT2D eigenvalue weighted by atomic mass is 16.2. The number of imidazole rings is 1. The molecule has 0 aliphatic rings. The molecule has 0 saturated heterocycles. The minimum absolute atomic E-state index is 0.163. The summed E-state index contributed by atoms with van der Waals surface area (Å²) < 4.78 is 1.87. The molecule has 0 radical (unpaired) electrons. The molecule has 6 heteroatoms. The van der Waals surface area contributed by atoms with E-state index in [4.69, 9.17) is 5.73 Å². The molecule has 18 heavy (non-hydrogen) atoms. The van der Waals surface area contributed by atoms with Crippen molar-refractivity contribution in [1.29, 1.82) is 0 Å². The summed E-state index contributed by atoms with van der Waals surface area (Å²) in [6, 6.07) is 1.61.